The lowest BCUT2D eigenvalue weighted by Crippen LogP contribution is -2.31. The molecule has 0 saturated carbocycles. The molecule has 4 aromatic rings. The molecule has 0 atom stereocenters. The first kappa shape index (κ1) is 27.4. The fourth-order valence-electron chi connectivity index (χ4n) is 3.90. The first-order chi connectivity index (χ1) is 18.3. The van der Waals surface area contributed by atoms with Crippen LogP contribution < -0.4 is 9.62 Å². The van der Waals surface area contributed by atoms with Gasteiger partial charge < -0.3 is 10.1 Å². The normalized spacial score (nSPS) is 11.2. The van der Waals surface area contributed by atoms with Crippen molar-refractivity contribution < 1.29 is 17.9 Å². The first-order valence-corrected chi connectivity index (χ1v) is 14.0. The van der Waals surface area contributed by atoms with E-state index in [4.69, 9.17) is 16.3 Å². The van der Waals surface area contributed by atoms with Crippen LogP contribution in [-0.2, 0) is 27.9 Å². The Bertz CT molecular complexity index is 1460. The minimum absolute atomic E-state index is 0.0770. The number of anilines is 1. The summed E-state index contributed by atoms with van der Waals surface area (Å²) >= 11 is 6.23. The first-order valence-electron chi connectivity index (χ1n) is 12.2. The Hall–Kier alpha value is -3.65. The van der Waals surface area contributed by atoms with E-state index in [2.05, 4.69) is 5.32 Å². The number of carbonyl (C=O) groups is 1. The molecule has 0 fully saturated rings. The molecule has 6 nitrogen and oxygen atoms in total. The van der Waals surface area contributed by atoms with Crippen molar-refractivity contribution >= 4 is 33.2 Å². The molecule has 0 heterocycles. The van der Waals surface area contributed by atoms with E-state index in [0.717, 1.165) is 16.7 Å². The summed E-state index contributed by atoms with van der Waals surface area (Å²) in [6.07, 6.45) is 0. The van der Waals surface area contributed by atoms with Crippen LogP contribution in [0.5, 0.6) is 0 Å². The number of ether oxygens (including phenoxy) is 1. The van der Waals surface area contributed by atoms with Gasteiger partial charge >= 0.3 is 0 Å². The molecule has 0 unspecified atom stereocenters. The summed E-state index contributed by atoms with van der Waals surface area (Å²) in [6, 6.07) is 30.2. The molecule has 1 amide bonds. The summed E-state index contributed by atoms with van der Waals surface area (Å²) in [6.45, 7) is 3.18. The van der Waals surface area contributed by atoms with Gasteiger partial charge in [-0.05, 0) is 60.0 Å². The summed E-state index contributed by atoms with van der Waals surface area (Å²) in [5, 5.41) is 3.29. The van der Waals surface area contributed by atoms with Crippen LogP contribution in [0.1, 0.15) is 27.0 Å². The largest absolute Gasteiger partial charge is 0.375 e. The summed E-state index contributed by atoms with van der Waals surface area (Å²) < 4.78 is 34.3. The van der Waals surface area contributed by atoms with Gasteiger partial charge in [0.05, 0.1) is 30.3 Å². The third-order valence-electron chi connectivity index (χ3n) is 5.96. The maximum Gasteiger partial charge on any atom is 0.264 e. The SMILES string of the molecule is Cc1ccc(Cl)cc1N(Cc1ccc(C(=O)NCCOCc2ccccc2)cc1)S(=O)(=O)c1ccccc1. The second-order valence-corrected chi connectivity index (χ2v) is 11.0. The van der Waals surface area contributed by atoms with Crippen LogP contribution in [-0.4, -0.2) is 27.5 Å². The number of nitrogens with zero attached hydrogens (tertiary/aromatic N) is 1. The summed E-state index contributed by atoms with van der Waals surface area (Å²) in [5.41, 5.74) is 3.56. The van der Waals surface area contributed by atoms with Crippen LogP contribution in [0.15, 0.2) is 108 Å². The molecular weight excluding hydrogens is 520 g/mol. The maximum atomic E-state index is 13.6. The van der Waals surface area contributed by atoms with E-state index >= 15 is 0 Å². The van der Waals surface area contributed by atoms with Crippen molar-refractivity contribution in [2.45, 2.75) is 25.0 Å². The van der Waals surface area contributed by atoms with E-state index in [1.165, 1.54) is 4.31 Å². The van der Waals surface area contributed by atoms with Crippen molar-refractivity contribution in [3.63, 3.8) is 0 Å². The monoisotopic (exact) mass is 548 g/mol. The molecule has 0 aliphatic heterocycles. The van der Waals surface area contributed by atoms with Gasteiger partial charge in [0.25, 0.3) is 15.9 Å². The van der Waals surface area contributed by atoms with Crippen molar-refractivity contribution in [3.8, 4) is 0 Å². The predicted molar refractivity (Wildman–Crippen MR) is 151 cm³/mol. The minimum atomic E-state index is -3.87. The van der Waals surface area contributed by atoms with Crippen LogP contribution in [0.2, 0.25) is 5.02 Å². The van der Waals surface area contributed by atoms with E-state index in [1.807, 2.05) is 37.3 Å². The van der Waals surface area contributed by atoms with Gasteiger partial charge in [-0.1, -0.05) is 78.3 Å². The molecule has 4 rings (SSSR count). The summed E-state index contributed by atoms with van der Waals surface area (Å²) in [5.74, 6) is -0.223. The van der Waals surface area contributed by atoms with E-state index in [-0.39, 0.29) is 17.3 Å². The van der Waals surface area contributed by atoms with Gasteiger partial charge in [-0.15, -0.1) is 0 Å². The third-order valence-corrected chi connectivity index (χ3v) is 7.97. The molecule has 0 aromatic heterocycles. The highest BCUT2D eigenvalue weighted by atomic mass is 35.5. The minimum Gasteiger partial charge on any atom is -0.375 e. The lowest BCUT2D eigenvalue weighted by atomic mass is 10.1. The van der Waals surface area contributed by atoms with Crippen LogP contribution in [0.25, 0.3) is 0 Å². The fourth-order valence-corrected chi connectivity index (χ4v) is 5.60. The number of sulfonamides is 1. The Labute approximate surface area is 228 Å². The molecule has 196 valence electrons. The van der Waals surface area contributed by atoms with Crippen LogP contribution in [0.3, 0.4) is 0 Å². The highest BCUT2D eigenvalue weighted by Crippen LogP contribution is 2.31. The van der Waals surface area contributed by atoms with Crippen molar-refractivity contribution in [1.82, 2.24) is 5.32 Å². The second-order valence-electron chi connectivity index (χ2n) is 8.75. The molecule has 0 saturated heterocycles. The van der Waals surface area contributed by atoms with E-state index in [1.54, 1.807) is 72.8 Å². The van der Waals surface area contributed by atoms with Gasteiger partial charge in [0.1, 0.15) is 0 Å². The van der Waals surface area contributed by atoms with Gasteiger partial charge in [0.2, 0.25) is 0 Å². The number of nitrogens with one attached hydrogen (secondary N) is 1. The Kier molecular flexibility index (Phi) is 9.18. The van der Waals surface area contributed by atoms with Gasteiger partial charge in [-0.2, -0.15) is 0 Å². The number of carbonyl (C=O) groups excluding carboxylic acids is 1. The molecular formula is C30H29ClN2O4S. The Morgan fingerprint density at radius 2 is 1.53 bits per heavy atom. The van der Waals surface area contributed by atoms with Gasteiger partial charge in [0, 0.05) is 17.1 Å². The maximum absolute atomic E-state index is 13.6. The molecule has 0 radical (unpaired) electrons. The second kappa shape index (κ2) is 12.7. The Morgan fingerprint density at radius 1 is 0.868 bits per heavy atom. The van der Waals surface area contributed by atoms with Crippen molar-refractivity contribution in [3.05, 3.63) is 130 Å². The fraction of sp³-hybridized carbons (Fsp3) is 0.167. The molecule has 4 aromatic carbocycles. The molecule has 38 heavy (non-hydrogen) atoms. The highest BCUT2D eigenvalue weighted by Gasteiger charge is 2.26. The predicted octanol–water partition coefficient (Wildman–Crippen LogP) is 5.99. The van der Waals surface area contributed by atoms with Gasteiger partial charge in [-0.25, -0.2) is 8.42 Å². The van der Waals surface area contributed by atoms with Crippen molar-refractivity contribution in [2.24, 2.45) is 0 Å². The molecule has 0 aliphatic rings. The molecule has 0 spiro atoms. The number of benzene rings is 4. The van der Waals surface area contributed by atoms with E-state index in [0.29, 0.717) is 36.0 Å². The average molecular weight is 549 g/mol. The zero-order chi connectivity index (χ0) is 27.0. The lowest BCUT2D eigenvalue weighted by molar-refractivity contribution is 0.0901. The van der Waals surface area contributed by atoms with Crippen LogP contribution in [0.4, 0.5) is 5.69 Å². The Balaban J connectivity index is 1.44. The number of halogens is 1. The molecule has 0 bridgehead atoms. The zero-order valence-corrected chi connectivity index (χ0v) is 22.6. The van der Waals surface area contributed by atoms with E-state index in [9.17, 15) is 13.2 Å². The van der Waals surface area contributed by atoms with Crippen LogP contribution in [0, 0.1) is 6.92 Å². The third kappa shape index (κ3) is 7.01. The summed E-state index contributed by atoms with van der Waals surface area (Å²) in [7, 11) is -3.87. The number of hydrogen-bond acceptors (Lipinski definition) is 4. The molecule has 0 aliphatic carbocycles. The lowest BCUT2D eigenvalue weighted by Gasteiger charge is -2.26. The number of amides is 1. The topological polar surface area (TPSA) is 75.7 Å². The van der Waals surface area contributed by atoms with E-state index < -0.39 is 10.0 Å². The van der Waals surface area contributed by atoms with Crippen LogP contribution >= 0.6 is 11.6 Å². The standard InChI is InChI=1S/C30H29ClN2O4S/c1-23-12-17-27(31)20-29(23)33(38(35,36)28-10-6-3-7-11-28)21-24-13-15-26(16-14-24)30(34)32-18-19-37-22-25-8-4-2-5-9-25/h2-17,20H,18-19,21-22H2,1H3,(H,32,34). The van der Waals surface area contributed by atoms with Gasteiger partial charge in [-0.3, -0.25) is 9.10 Å². The quantitative estimate of drug-likeness (QED) is 0.234. The highest BCUT2D eigenvalue weighted by molar-refractivity contribution is 7.92. The number of hydrogen-bond donors (Lipinski definition) is 1. The molecule has 1 N–H and O–H groups in total. The zero-order valence-electron chi connectivity index (χ0n) is 21.0. The molecule has 8 heteroatoms. The van der Waals surface area contributed by atoms with Crippen molar-refractivity contribution in [1.29, 1.82) is 0 Å². The number of aryl methyl sites for hydroxylation is 1. The summed E-state index contributed by atoms with van der Waals surface area (Å²) in [4.78, 5) is 12.8. The Morgan fingerprint density at radius 3 is 2.21 bits per heavy atom. The van der Waals surface area contributed by atoms with Gasteiger partial charge in [0.15, 0.2) is 0 Å². The number of rotatable bonds is 11. The van der Waals surface area contributed by atoms with Crippen molar-refractivity contribution in [2.75, 3.05) is 17.5 Å². The smallest absolute Gasteiger partial charge is 0.264 e. The average Bonchev–Trinajstić information content (AvgIpc) is 2.94.